The Labute approximate surface area is 131 Å². The molecule has 118 valence electrons. The number of hydrogen-bond donors (Lipinski definition) is 1. The maximum Gasteiger partial charge on any atom is 0.253 e. The summed E-state index contributed by atoms with van der Waals surface area (Å²) in [4.78, 5) is 26.8. The van der Waals surface area contributed by atoms with E-state index in [4.69, 9.17) is 0 Å². The number of rotatable bonds is 3. The predicted octanol–water partition coefficient (Wildman–Crippen LogP) is 2.43. The van der Waals surface area contributed by atoms with Gasteiger partial charge in [0.05, 0.1) is 5.92 Å². The van der Waals surface area contributed by atoms with Crippen molar-refractivity contribution in [3.05, 3.63) is 34.9 Å². The monoisotopic (exact) mass is 300 g/mol. The number of benzene rings is 1. The molecule has 22 heavy (non-hydrogen) atoms. The van der Waals surface area contributed by atoms with Crippen LogP contribution in [0.1, 0.15) is 47.2 Å². The van der Waals surface area contributed by atoms with Crippen molar-refractivity contribution in [3.8, 4) is 0 Å². The van der Waals surface area contributed by atoms with Gasteiger partial charge in [0.15, 0.2) is 0 Å². The average Bonchev–Trinajstić information content (AvgIpc) is 3.29. The molecular formula is C18H24N2O2. The van der Waals surface area contributed by atoms with Crippen LogP contribution in [0.15, 0.2) is 18.2 Å². The molecule has 2 fully saturated rings. The smallest absolute Gasteiger partial charge is 0.253 e. The fourth-order valence-electron chi connectivity index (χ4n) is 3.20. The minimum Gasteiger partial charge on any atom is -0.353 e. The molecular weight excluding hydrogens is 276 g/mol. The van der Waals surface area contributed by atoms with Crippen LogP contribution < -0.4 is 5.32 Å². The minimum atomic E-state index is -0.0517. The van der Waals surface area contributed by atoms with Crippen molar-refractivity contribution in [2.45, 2.75) is 45.6 Å². The average molecular weight is 300 g/mol. The van der Waals surface area contributed by atoms with Crippen molar-refractivity contribution in [1.82, 2.24) is 10.2 Å². The molecule has 4 nitrogen and oxygen atoms in total. The number of nitrogens with one attached hydrogen (secondary N) is 1. The normalized spacial score (nSPS) is 21.5. The van der Waals surface area contributed by atoms with Crippen molar-refractivity contribution in [3.63, 3.8) is 0 Å². The second-order valence-corrected chi connectivity index (χ2v) is 6.75. The molecule has 1 aliphatic heterocycles. The van der Waals surface area contributed by atoms with Gasteiger partial charge in [-0.2, -0.15) is 0 Å². The number of aryl methyl sites for hydroxylation is 2. The molecule has 3 rings (SSSR count). The second-order valence-electron chi connectivity index (χ2n) is 6.75. The van der Waals surface area contributed by atoms with E-state index in [0.717, 1.165) is 48.9 Å². The molecule has 1 saturated heterocycles. The Morgan fingerprint density at radius 1 is 1.09 bits per heavy atom. The highest BCUT2D eigenvalue weighted by Gasteiger charge is 2.32. The second kappa shape index (κ2) is 6.11. The largest absolute Gasteiger partial charge is 0.353 e. The SMILES string of the molecule is Cc1cc(C)cc(C(=O)N2CCC[C@@H](C(=O)NC3CC3)C2)c1. The van der Waals surface area contributed by atoms with E-state index in [2.05, 4.69) is 11.4 Å². The zero-order valence-electron chi connectivity index (χ0n) is 13.4. The third-order valence-electron chi connectivity index (χ3n) is 4.47. The van der Waals surface area contributed by atoms with E-state index in [0.29, 0.717) is 12.6 Å². The van der Waals surface area contributed by atoms with Gasteiger partial charge in [0.2, 0.25) is 5.91 Å². The summed E-state index contributed by atoms with van der Waals surface area (Å²) >= 11 is 0. The van der Waals surface area contributed by atoms with Crippen LogP contribution in [0.3, 0.4) is 0 Å². The van der Waals surface area contributed by atoms with E-state index in [-0.39, 0.29) is 17.7 Å². The van der Waals surface area contributed by atoms with Crippen LogP contribution in [0.2, 0.25) is 0 Å². The van der Waals surface area contributed by atoms with Gasteiger partial charge in [0.25, 0.3) is 5.91 Å². The lowest BCUT2D eigenvalue weighted by atomic mass is 9.96. The lowest BCUT2D eigenvalue weighted by Crippen LogP contribution is -2.45. The first-order chi connectivity index (χ1) is 10.5. The Balaban J connectivity index is 1.67. The van der Waals surface area contributed by atoms with Gasteiger partial charge in [0, 0.05) is 24.7 Å². The quantitative estimate of drug-likeness (QED) is 0.932. The molecule has 1 aromatic carbocycles. The summed E-state index contributed by atoms with van der Waals surface area (Å²) in [6, 6.07) is 6.32. The minimum absolute atomic E-state index is 0.0516. The molecule has 1 heterocycles. The molecule has 1 saturated carbocycles. The molecule has 2 aliphatic rings. The van der Waals surface area contributed by atoms with E-state index in [1.165, 1.54) is 0 Å². The molecule has 0 spiro atoms. The Morgan fingerprint density at radius 3 is 2.41 bits per heavy atom. The van der Waals surface area contributed by atoms with E-state index in [9.17, 15) is 9.59 Å². The molecule has 1 aliphatic carbocycles. The number of piperidine rings is 1. The summed E-state index contributed by atoms with van der Waals surface area (Å²) in [6.07, 6.45) is 3.99. The third kappa shape index (κ3) is 3.49. The maximum atomic E-state index is 12.7. The molecule has 0 aromatic heterocycles. The highest BCUT2D eigenvalue weighted by Crippen LogP contribution is 2.23. The Hall–Kier alpha value is -1.84. The summed E-state index contributed by atoms with van der Waals surface area (Å²) in [5.74, 6) is 0.125. The van der Waals surface area contributed by atoms with Gasteiger partial charge in [-0.15, -0.1) is 0 Å². The van der Waals surface area contributed by atoms with Crippen LogP contribution in [0.4, 0.5) is 0 Å². The molecule has 2 amide bonds. The van der Waals surface area contributed by atoms with Gasteiger partial charge >= 0.3 is 0 Å². The summed E-state index contributed by atoms with van der Waals surface area (Å²) in [5, 5.41) is 3.06. The standard InChI is InChI=1S/C18H24N2O2/c1-12-8-13(2)10-15(9-12)18(22)20-7-3-4-14(11-20)17(21)19-16-5-6-16/h8-10,14,16H,3-7,11H2,1-2H3,(H,19,21)/t14-/m1/s1. The van der Waals surface area contributed by atoms with E-state index in [1.807, 2.05) is 30.9 Å². The Morgan fingerprint density at radius 2 is 1.77 bits per heavy atom. The molecule has 1 aromatic rings. The summed E-state index contributed by atoms with van der Waals surface area (Å²) in [7, 11) is 0. The van der Waals surface area contributed by atoms with Crippen LogP contribution in [-0.4, -0.2) is 35.8 Å². The number of likely N-dealkylation sites (tertiary alicyclic amines) is 1. The molecule has 4 heteroatoms. The van der Waals surface area contributed by atoms with Crippen molar-refractivity contribution in [2.24, 2.45) is 5.92 Å². The van der Waals surface area contributed by atoms with Gasteiger partial charge in [-0.1, -0.05) is 17.2 Å². The van der Waals surface area contributed by atoms with Crippen LogP contribution in [0, 0.1) is 19.8 Å². The summed E-state index contributed by atoms with van der Waals surface area (Å²) in [6.45, 7) is 5.31. The number of amides is 2. The van der Waals surface area contributed by atoms with Crippen molar-refractivity contribution < 1.29 is 9.59 Å². The van der Waals surface area contributed by atoms with Crippen molar-refractivity contribution >= 4 is 11.8 Å². The van der Waals surface area contributed by atoms with E-state index >= 15 is 0 Å². The molecule has 0 bridgehead atoms. The number of carbonyl (C=O) groups excluding carboxylic acids is 2. The topological polar surface area (TPSA) is 49.4 Å². The first-order valence-corrected chi connectivity index (χ1v) is 8.21. The predicted molar refractivity (Wildman–Crippen MR) is 85.7 cm³/mol. The Bertz CT molecular complexity index is 572. The van der Waals surface area contributed by atoms with Gasteiger partial charge in [-0.05, 0) is 51.7 Å². The number of hydrogen-bond acceptors (Lipinski definition) is 2. The first kappa shape index (κ1) is 15.1. The van der Waals surface area contributed by atoms with Gasteiger partial charge in [0.1, 0.15) is 0 Å². The fraction of sp³-hybridized carbons (Fsp3) is 0.556. The lowest BCUT2D eigenvalue weighted by molar-refractivity contribution is -0.126. The molecule has 0 radical (unpaired) electrons. The van der Waals surface area contributed by atoms with Gasteiger partial charge in [-0.25, -0.2) is 0 Å². The Kier molecular flexibility index (Phi) is 4.19. The van der Waals surface area contributed by atoms with Crippen molar-refractivity contribution in [1.29, 1.82) is 0 Å². The van der Waals surface area contributed by atoms with Crippen LogP contribution in [0.25, 0.3) is 0 Å². The summed E-state index contributed by atoms with van der Waals surface area (Å²) in [5.41, 5.74) is 2.94. The van der Waals surface area contributed by atoms with Gasteiger partial charge < -0.3 is 10.2 Å². The van der Waals surface area contributed by atoms with Crippen LogP contribution >= 0.6 is 0 Å². The zero-order chi connectivity index (χ0) is 15.7. The van der Waals surface area contributed by atoms with Crippen LogP contribution in [0.5, 0.6) is 0 Å². The van der Waals surface area contributed by atoms with Gasteiger partial charge in [-0.3, -0.25) is 9.59 Å². The molecule has 1 atom stereocenters. The van der Waals surface area contributed by atoms with E-state index in [1.54, 1.807) is 0 Å². The number of nitrogens with zero attached hydrogens (tertiary/aromatic N) is 1. The van der Waals surface area contributed by atoms with Crippen LogP contribution in [-0.2, 0) is 4.79 Å². The molecule has 1 N–H and O–H groups in total. The lowest BCUT2D eigenvalue weighted by Gasteiger charge is -2.32. The zero-order valence-corrected chi connectivity index (χ0v) is 13.4. The third-order valence-corrected chi connectivity index (χ3v) is 4.47. The fourth-order valence-corrected chi connectivity index (χ4v) is 3.20. The van der Waals surface area contributed by atoms with Crippen molar-refractivity contribution in [2.75, 3.05) is 13.1 Å². The number of carbonyl (C=O) groups is 2. The first-order valence-electron chi connectivity index (χ1n) is 8.21. The van der Waals surface area contributed by atoms with E-state index < -0.39 is 0 Å². The highest BCUT2D eigenvalue weighted by atomic mass is 16.2. The summed E-state index contributed by atoms with van der Waals surface area (Å²) < 4.78 is 0. The highest BCUT2D eigenvalue weighted by molar-refractivity contribution is 5.95. The molecule has 0 unspecified atom stereocenters. The maximum absolute atomic E-state index is 12.7.